The minimum Gasteiger partial charge on any atom is -0.314 e. The van der Waals surface area contributed by atoms with Crippen molar-refractivity contribution in [3.8, 4) is 0 Å². The Morgan fingerprint density at radius 3 is 2.67 bits per heavy atom. The second kappa shape index (κ2) is 7.94. The minimum absolute atomic E-state index is 0.423. The molecule has 21 heavy (non-hydrogen) atoms. The molecule has 0 amide bonds. The van der Waals surface area contributed by atoms with Gasteiger partial charge in [0, 0.05) is 31.7 Å². The van der Waals surface area contributed by atoms with Crippen LogP contribution in [0, 0.1) is 5.41 Å². The first-order valence-corrected chi connectivity index (χ1v) is 9.22. The van der Waals surface area contributed by atoms with Crippen LogP contribution in [0.4, 0.5) is 0 Å². The highest BCUT2D eigenvalue weighted by Crippen LogP contribution is 2.27. The Kier molecular flexibility index (Phi) is 6.51. The predicted molar refractivity (Wildman–Crippen MR) is 91.8 cm³/mol. The maximum atomic E-state index is 3.69. The fourth-order valence-corrected chi connectivity index (χ4v) is 4.24. The Morgan fingerprint density at radius 2 is 1.95 bits per heavy atom. The fourth-order valence-electron chi connectivity index (χ4n) is 4.24. The molecule has 3 heteroatoms. The van der Waals surface area contributed by atoms with Crippen LogP contribution in [0.5, 0.6) is 0 Å². The molecule has 2 atom stereocenters. The topological polar surface area (TPSA) is 18.5 Å². The number of hydrogen-bond donors (Lipinski definition) is 1. The zero-order chi connectivity index (χ0) is 15.3. The summed E-state index contributed by atoms with van der Waals surface area (Å²) < 4.78 is 0. The summed E-state index contributed by atoms with van der Waals surface area (Å²) in [5.41, 5.74) is 0.423. The summed E-state index contributed by atoms with van der Waals surface area (Å²) in [5.74, 6) is 0. The smallest absolute Gasteiger partial charge is 0.0223 e. The van der Waals surface area contributed by atoms with Gasteiger partial charge in [0.05, 0.1) is 0 Å². The largest absolute Gasteiger partial charge is 0.314 e. The molecule has 0 spiro atoms. The van der Waals surface area contributed by atoms with Gasteiger partial charge in [-0.05, 0) is 50.7 Å². The van der Waals surface area contributed by atoms with Crippen LogP contribution >= 0.6 is 0 Å². The highest BCUT2D eigenvalue weighted by molar-refractivity contribution is 4.88. The zero-order valence-corrected chi connectivity index (χ0v) is 14.8. The summed E-state index contributed by atoms with van der Waals surface area (Å²) in [6, 6.07) is 1.44. The van der Waals surface area contributed by atoms with Crippen molar-refractivity contribution in [1.82, 2.24) is 15.1 Å². The zero-order valence-electron chi connectivity index (χ0n) is 14.8. The van der Waals surface area contributed by atoms with E-state index in [1.807, 2.05) is 0 Å². The first kappa shape index (κ1) is 17.2. The third kappa shape index (κ3) is 5.22. The summed E-state index contributed by atoms with van der Waals surface area (Å²) in [7, 11) is 0. The summed E-state index contributed by atoms with van der Waals surface area (Å²) >= 11 is 0. The van der Waals surface area contributed by atoms with Gasteiger partial charge in [-0.25, -0.2) is 0 Å². The maximum absolute atomic E-state index is 3.69. The van der Waals surface area contributed by atoms with Gasteiger partial charge in [0.25, 0.3) is 0 Å². The molecule has 2 aliphatic heterocycles. The van der Waals surface area contributed by atoms with Crippen molar-refractivity contribution in [2.24, 2.45) is 5.41 Å². The molecule has 0 bridgehead atoms. The van der Waals surface area contributed by atoms with E-state index < -0.39 is 0 Å². The molecule has 0 aromatic rings. The van der Waals surface area contributed by atoms with Crippen molar-refractivity contribution in [2.75, 3.05) is 39.3 Å². The van der Waals surface area contributed by atoms with E-state index in [4.69, 9.17) is 0 Å². The van der Waals surface area contributed by atoms with Gasteiger partial charge in [-0.3, -0.25) is 4.90 Å². The second-order valence-electron chi connectivity index (χ2n) is 8.02. The number of rotatable bonds is 7. The van der Waals surface area contributed by atoms with E-state index in [9.17, 15) is 0 Å². The van der Waals surface area contributed by atoms with Gasteiger partial charge in [-0.15, -0.1) is 0 Å². The van der Waals surface area contributed by atoms with Gasteiger partial charge < -0.3 is 10.2 Å². The molecule has 0 aliphatic carbocycles. The average Bonchev–Trinajstić information content (AvgIpc) is 2.76. The second-order valence-corrected chi connectivity index (χ2v) is 8.02. The van der Waals surface area contributed by atoms with Crippen LogP contribution in [0.1, 0.15) is 59.8 Å². The normalized spacial score (nSPS) is 27.6. The van der Waals surface area contributed by atoms with Gasteiger partial charge >= 0.3 is 0 Å². The molecule has 1 N–H and O–H groups in total. The molecular weight excluding hydrogens is 258 g/mol. The molecule has 0 saturated carbocycles. The molecule has 0 radical (unpaired) electrons. The maximum Gasteiger partial charge on any atom is 0.0223 e. The summed E-state index contributed by atoms with van der Waals surface area (Å²) in [5, 5.41) is 3.69. The average molecular weight is 296 g/mol. The monoisotopic (exact) mass is 295 g/mol. The molecule has 0 aromatic carbocycles. The van der Waals surface area contributed by atoms with Crippen LogP contribution in [0.3, 0.4) is 0 Å². The Hall–Kier alpha value is -0.120. The van der Waals surface area contributed by atoms with Crippen molar-refractivity contribution in [1.29, 1.82) is 0 Å². The van der Waals surface area contributed by atoms with E-state index in [0.29, 0.717) is 11.5 Å². The number of nitrogens with zero attached hydrogens (tertiary/aromatic N) is 2. The van der Waals surface area contributed by atoms with Crippen LogP contribution in [0.2, 0.25) is 0 Å². The van der Waals surface area contributed by atoms with Crippen LogP contribution in [-0.4, -0.2) is 61.2 Å². The van der Waals surface area contributed by atoms with Gasteiger partial charge in [-0.2, -0.15) is 0 Å². The van der Waals surface area contributed by atoms with Crippen molar-refractivity contribution >= 4 is 0 Å². The third-order valence-corrected chi connectivity index (χ3v) is 5.28. The highest BCUT2D eigenvalue weighted by Gasteiger charge is 2.32. The van der Waals surface area contributed by atoms with E-state index in [1.54, 1.807) is 0 Å². The van der Waals surface area contributed by atoms with E-state index in [2.05, 4.69) is 42.8 Å². The van der Waals surface area contributed by atoms with Crippen molar-refractivity contribution in [3.63, 3.8) is 0 Å². The molecule has 0 aromatic heterocycles. The Labute approximate surface area is 132 Å². The van der Waals surface area contributed by atoms with Crippen LogP contribution in [0.15, 0.2) is 0 Å². The summed E-state index contributed by atoms with van der Waals surface area (Å²) in [6.07, 6.45) is 6.82. The molecular formula is C18H37N3. The van der Waals surface area contributed by atoms with Gasteiger partial charge in [0.2, 0.25) is 0 Å². The van der Waals surface area contributed by atoms with E-state index in [0.717, 1.165) is 12.6 Å². The quantitative estimate of drug-likeness (QED) is 0.779. The fraction of sp³-hybridized carbons (Fsp3) is 1.00. The lowest BCUT2D eigenvalue weighted by atomic mass is 9.84. The van der Waals surface area contributed by atoms with E-state index in [1.165, 1.54) is 64.8 Å². The molecule has 2 rings (SSSR count). The third-order valence-electron chi connectivity index (χ3n) is 5.28. The number of fused-ring (bicyclic) bond motifs is 1. The molecule has 2 saturated heterocycles. The number of hydrogen-bond acceptors (Lipinski definition) is 3. The molecule has 124 valence electrons. The Bertz CT molecular complexity index is 305. The van der Waals surface area contributed by atoms with E-state index >= 15 is 0 Å². The van der Waals surface area contributed by atoms with Crippen molar-refractivity contribution in [2.45, 2.75) is 71.9 Å². The number of nitrogens with one attached hydrogen (secondary N) is 1. The van der Waals surface area contributed by atoms with Crippen LogP contribution in [-0.2, 0) is 0 Å². The Morgan fingerprint density at radius 1 is 1.19 bits per heavy atom. The SMILES string of the molecule is CCCC(C)(CNC(C)C)CN1CCCN2CCCC2C1. The van der Waals surface area contributed by atoms with Crippen LogP contribution < -0.4 is 5.32 Å². The lowest BCUT2D eigenvalue weighted by Crippen LogP contribution is -2.46. The predicted octanol–water partition coefficient (Wildman–Crippen LogP) is 2.96. The van der Waals surface area contributed by atoms with Gasteiger partial charge in [-0.1, -0.05) is 34.1 Å². The first-order valence-electron chi connectivity index (χ1n) is 9.22. The summed E-state index contributed by atoms with van der Waals surface area (Å²) in [4.78, 5) is 5.51. The molecule has 2 fully saturated rings. The molecule has 2 unspecified atom stereocenters. The van der Waals surface area contributed by atoms with Gasteiger partial charge in [0.15, 0.2) is 0 Å². The standard InChI is InChI=1S/C18H37N3/c1-5-9-18(4,14-19-16(2)3)15-20-10-7-12-21-11-6-8-17(21)13-20/h16-17,19H,5-15H2,1-4H3. The van der Waals surface area contributed by atoms with Crippen LogP contribution in [0.25, 0.3) is 0 Å². The molecule has 3 nitrogen and oxygen atoms in total. The van der Waals surface area contributed by atoms with Crippen molar-refractivity contribution in [3.05, 3.63) is 0 Å². The first-order chi connectivity index (χ1) is 10.0. The van der Waals surface area contributed by atoms with E-state index in [-0.39, 0.29) is 0 Å². The summed E-state index contributed by atoms with van der Waals surface area (Å²) in [6.45, 7) is 17.0. The molecule has 2 heterocycles. The Balaban J connectivity index is 1.91. The van der Waals surface area contributed by atoms with Gasteiger partial charge in [0.1, 0.15) is 0 Å². The molecule has 2 aliphatic rings. The highest BCUT2D eigenvalue weighted by atomic mass is 15.3. The lowest BCUT2D eigenvalue weighted by Gasteiger charge is -2.37. The van der Waals surface area contributed by atoms with Crippen molar-refractivity contribution < 1.29 is 0 Å². The minimum atomic E-state index is 0.423. The lowest BCUT2D eigenvalue weighted by molar-refractivity contribution is 0.136.